The van der Waals surface area contributed by atoms with Gasteiger partial charge >= 0.3 is 0 Å². The summed E-state index contributed by atoms with van der Waals surface area (Å²) in [6.07, 6.45) is 0. The summed E-state index contributed by atoms with van der Waals surface area (Å²) >= 11 is 0. The number of hydrogen-bond acceptors (Lipinski definition) is 2. The Hall–Kier alpha value is -1.51. The summed E-state index contributed by atoms with van der Waals surface area (Å²) in [6, 6.07) is 4.98. The first-order chi connectivity index (χ1) is 6.34. The Morgan fingerprint density at radius 1 is 1.36 bits per heavy atom. The molecule has 0 atom stereocenters. The molecule has 0 aromatic heterocycles. The van der Waals surface area contributed by atoms with E-state index in [1.54, 1.807) is 12.1 Å². The zero-order chi connectivity index (χ0) is 10.9. The topological polar surface area (TPSA) is 63.3 Å². The minimum Gasteiger partial charge on any atom is -0.507 e. The predicted molar refractivity (Wildman–Crippen MR) is 55.3 cm³/mol. The summed E-state index contributed by atoms with van der Waals surface area (Å²) in [5.41, 5.74) is 6.00. The zero-order valence-corrected chi connectivity index (χ0v) is 8.66. The average Bonchev–Trinajstić information content (AvgIpc) is 2.01. The molecule has 1 rings (SSSR count). The Balaban J connectivity index is 3.44. The number of phenols is 1. The molecule has 0 aliphatic heterocycles. The van der Waals surface area contributed by atoms with Crippen LogP contribution in [-0.2, 0) is 5.41 Å². The third-order valence-electron chi connectivity index (χ3n) is 2.10. The van der Waals surface area contributed by atoms with Crippen LogP contribution in [0.4, 0.5) is 0 Å². The van der Waals surface area contributed by atoms with Gasteiger partial charge in [-0.3, -0.25) is 4.79 Å². The van der Waals surface area contributed by atoms with E-state index in [1.165, 1.54) is 6.07 Å². The molecule has 1 amide bonds. The highest BCUT2D eigenvalue weighted by atomic mass is 16.3. The Bertz CT molecular complexity index is 364. The summed E-state index contributed by atoms with van der Waals surface area (Å²) in [5.74, 6) is -0.641. The van der Waals surface area contributed by atoms with Gasteiger partial charge in [0.1, 0.15) is 5.75 Å². The fourth-order valence-corrected chi connectivity index (χ4v) is 1.42. The molecule has 0 bridgehead atoms. The van der Waals surface area contributed by atoms with Gasteiger partial charge in [0.2, 0.25) is 0 Å². The number of aromatic hydroxyl groups is 1. The molecule has 3 heteroatoms. The average molecular weight is 193 g/mol. The van der Waals surface area contributed by atoms with Crippen molar-refractivity contribution in [2.45, 2.75) is 26.2 Å². The Kier molecular flexibility index (Phi) is 2.51. The first-order valence-corrected chi connectivity index (χ1v) is 4.46. The van der Waals surface area contributed by atoms with E-state index in [0.717, 1.165) is 5.56 Å². The van der Waals surface area contributed by atoms with Crippen molar-refractivity contribution in [3.8, 4) is 5.75 Å². The molecule has 76 valence electrons. The molecule has 0 aliphatic rings. The molecule has 3 nitrogen and oxygen atoms in total. The Morgan fingerprint density at radius 3 is 2.29 bits per heavy atom. The molecule has 3 N–H and O–H groups in total. The quantitative estimate of drug-likeness (QED) is 0.714. The lowest BCUT2D eigenvalue weighted by Gasteiger charge is -2.22. The van der Waals surface area contributed by atoms with Gasteiger partial charge in [-0.25, -0.2) is 0 Å². The molecule has 1 aromatic carbocycles. The molecule has 0 fully saturated rings. The second-order valence-electron chi connectivity index (χ2n) is 4.31. The lowest BCUT2D eigenvalue weighted by molar-refractivity contribution is 0.0995. The lowest BCUT2D eigenvalue weighted by Crippen LogP contribution is -2.21. The summed E-state index contributed by atoms with van der Waals surface area (Å²) in [6.45, 7) is 5.90. The van der Waals surface area contributed by atoms with Crippen LogP contribution in [0.3, 0.4) is 0 Å². The van der Waals surface area contributed by atoms with Crippen LogP contribution in [0, 0.1) is 0 Å². The molecule has 0 spiro atoms. The van der Waals surface area contributed by atoms with Gasteiger partial charge in [0, 0.05) is 0 Å². The van der Waals surface area contributed by atoms with Crippen molar-refractivity contribution in [1.29, 1.82) is 0 Å². The number of primary amides is 1. The van der Waals surface area contributed by atoms with Crippen molar-refractivity contribution in [2.24, 2.45) is 5.73 Å². The van der Waals surface area contributed by atoms with Gasteiger partial charge in [0.15, 0.2) is 0 Å². The van der Waals surface area contributed by atoms with Crippen molar-refractivity contribution < 1.29 is 9.90 Å². The minimum atomic E-state index is -0.590. The predicted octanol–water partition coefficient (Wildman–Crippen LogP) is 1.79. The number of rotatable bonds is 1. The first kappa shape index (κ1) is 10.6. The minimum absolute atomic E-state index is 0.0510. The van der Waals surface area contributed by atoms with Gasteiger partial charge in [-0.05, 0) is 17.0 Å². The van der Waals surface area contributed by atoms with Crippen LogP contribution in [-0.4, -0.2) is 11.0 Å². The highest BCUT2D eigenvalue weighted by molar-refractivity contribution is 5.97. The van der Waals surface area contributed by atoms with Gasteiger partial charge in [0.05, 0.1) is 5.56 Å². The molecule has 0 heterocycles. The van der Waals surface area contributed by atoms with Crippen LogP contribution < -0.4 is 5.73 Å². The highest BCUT2D eigenvalue weighted by Gasteiger charge is 2.22. The van der Waals surface area contributed by atoms with E-state index in [9.17, 15) is 9.90 Å². The van der Waals surface area contributed by atoms with Crippen LogP contribution in [0.1, 0.15) is 36.7 Å². The van der Waals surface area contributed by atoms with Crippen LogP contribution in [0.5, 0.6) is 5.75 Å². The maximum atomic E-state index is 11.2. The second-order valence-corrected chi connectivity index (χ2v) is 4.31. The van der Waals surface area contributed by atoms with Crippen molar-refractivity contribution in [3.05, 3.63) is 29.3 Å². The van der Waals surface area contributed by atoms with Crippen LogP contribution in [0.15, 0.2) is 18.2 Å². The van der Waals surface area contributed by atoms with Gasteiger partial charge in [-0.15, -0.1) is 0 Å². The molecular formula is C11H15NO2. The maximum absolute atomic E-state index is 11.2. The molecule has 0 saturated heterocycles. The van der Waals surface area contributed by atoms with E-state index in [-0.39, 0.29) is 16.7 Å². The third-order valence-corrected chi connectivity index (χ3v) is 2.10. The summed E-state index contributed by atoms with van der Waals surface area (Å²) in [4.78, 5) is 11.2. The third kappa shape index (κ3) is 1.87. The van der Waals surface area contributed by atoms with E-state index in [1.807, 2.05) is 20.8 Å². The van der Waals surface area contributed by atoms with E-state index in [4.69, 9.17) is 5.73 Å². The molecule has 1 aromatic rings. The van der Waals surface area contributed by atoms with Crippen molar-refractivity contribution in [1.82, 2.24) is 0 Å². The molecule has 0 saturated carbocycles. The largest absolute Gasteiger partial charge is 0.507 e. The van der Waals surface area contributed by atoms with Crippen LogP contribution in [0.25, 0.3) is 0 Å². The van der Waals surface area contributed by atoms with E-state index < -0.39 is 5.91 Å². The SMILES string of the molecule is CC(C)(C)c1cccc(O)c1C(N)=O. The van der Waals surface area contributed by atoms with Crippen molar-refractivity contribution in [2.75, 3.05) is 0 Å². The fraction of sp³-hybridized carbons (Fsp3) is 0.364. The van der Waals surface area contributed by atoms with Gasteiger partial charge in [-0.1, -0.05) is 32.9 Å². The highest BCUT2D eigenvalue weighted by Crippen LogP contribution is 2.30. The number of carbonyl (C=O) groups excluding carboxylic acids is 1. The second kappa shape index (κ2) is 3.33. The number of hydrogen-bond donors (Lipinski definition) is 2. The first-order valence-electron chi connectivity index (χ1n) is 4.46. The molecule has 0 aliphatic carbocycles. The smallest absolute Gasteiger partial charge is 0.252 e. The summed E-state index contributed by atoms with van der Waals surface area (Å²) in [5, 5.41) is 9.52. The van der Waals surface area contributed by atoms with Gasteiger partial charge in [0.25, 0.3) is 5.91 Å². The monoisotopic (exact) mass is 193 g/mol. The van der Waals surface area contributed by atoms with E-state index >= 15 is 0 Å². The molecule has 14 heavy (non-hydrogen) atoms. The van der Waals surface area contributed by atoms with Gasteiger partial charge in [-0.2, -0.15) is 0 Å². The molecule has 0 radical (unpaired) electrons. The van der Waals surface area contributed by atoms with Crippen molar-refractivity contribution in [3.63, 3.8) is 0 Å². The zero-order valence-electron chi connectivity index (χ0n) is 8.66. The standard InChI is InChI=1S/C11H15NO2/c1-11(2,3)7-5-4-6-8(13)9(7)10(12)14/h4-6,13H,1-3H3,(H2,12,14). The number of carbonyl (C=O) groups is 1. The lowest BCUT2D eigenvalue weighted by atomic mass is 9.83. The Labute approximate surface area is 83.6 Å². The normalized spacial score (nSPS) is 11.4. The van der Waals surface area contributed by atoms with Gasteiger partial charge < -0.3 is 10.8 Å². The molecular weight excluding hydrogens is 178 g/mol. The fourth-order valence-electron chi connectivity index (χ4n) is 1.42. The van der Waals surface area contributed by atoms with Crippen LogP contribution >= 0.6 is 0 Å². The Morgan fingerprint density at radius 2 is 1.93 bits per heavy atom. The number of benzene rings is 1. The number of amides is 1. The molecule has 0 unspecified atom stereocenters. The maximum Gasteiger partial charge on any atom is 0.252 e. The summed E-state index contributed by atoms with van der Waals surface area (Å²) in [7, 11) is 0. The van der Waals surface area contributed by atoms with Crippen molar-refractivity contribution >= 4 is 5.91 Å². The van der Waals surface area contributed by atoms with Crippen LogP contribution in [0.2, 0.25) is 0 Å². The van der Waals surface area contributed by atoms with E-state index in [0.29, 0.717) is 0 Å². The summed E-state index contributed by atoms with van der Waals surface area (Å²) < 4.78 is 0. The number of nitrogens with two attached hydrogens (primary N) is 1. The van der Waals surface area contributed by atoms with E-state index in [2.05, 4.69) is 0 Å².